The van der Waals surface area contributed by atoms with E-state index in [1.54, 1.807) is 12.1 Å². The predicted molar refractivity (Wildman–Crippen MR) is 80.2 cm³/mol. The predicted octanol–water partition coefficient (Wildman–Crippen LogP) is 4.62. The number of aromatic nitrogens is 2. The maximum Gasteiger partial charge on any atom is 0.138 e. The highest BCUT2D eigenvalue weighted by atomic mass is 35.5. The van der Waals surface area contributed by atoms with Crippen molar-refractivity contribution < 1.29 is 4.39 Å². The molecule has 5 heteroatoms. The summed E-state index contributed by atoms with van der Waals surface area (Å²) in [5, 5.41) is 3.58. The molecule has 0 spiro atoms. The van der Waals surface area contributed by atoms with Crippen LogP contribution in [0.2, 0.25) is 5.15 Å². The van der Waals surface area contributed by atoms with E-state index < -0.39 is 0 Å². The van der Waals surface area contributed by atoms with Gasteiger partial charge < -0.3 is 5.32 Å². The first-order valence-electron chi connectivity index (χ1n) is 6.34. The molecule has 0 radical (unpaired) electrons. The van der Waals surface area contributed by atoms with E-state index in [9.17, 15) is 4.39 Å². The van der Waals surface area contributed by atoms with Crippen LogP contribution < -0.4 is 5.32 Å². The lowest BCUT2D eigenvalue weighted by atomic mass is 9.95. The molecular weight excluding hydrogens is 277 g/mol. The lowest BCUT2D eigenvalue weighted by Crippen LogP contribution is -2.17. The molecule has 20 heavy (non-hydrogen) atoms. The Balaban J connectivity index is 2.40. The maximum absolute atomic E-state index is 12.9. The van der Waals surface area contributed by atoms with Crippen LogP contribution in [0.5, 0.6) is 0 Å². The number of anilines is 2. The summed E-state index contributed by atoms with van der Waals surface area (Å²) in [6.07, 6.45) is 0. The molecule has 1 heterocycles. The number of hydrogen-bond acceptors (Lipinski definition) is 3. The first-order valence-corrected chi connectivity index (χ1v) is 6.72. The molecule has 1 aromatic carbocycles. The van der Waals surface area contributed by atoms with Crippen molar-refractivity contribution in [2.24, 2.45) is 0 Å². The monoisotopic (exact) mass is 293 g/mol. The highest BCUT2D eigenvalue weighted by Gasteiger charge is 2.20. The highest BCUT2D eigenvalue weighted by Crippen LogP contribution is 2.27. The van der Waals surface area contributed by atoms with Gasteiger partial charge in [0.05, 0.1) is 0 Å². The topological polar surface area (TPSA) is 37.8 Å². The molecule has 106 valence electrons. The van der Waals surface area contributed by atoms with Gasteiger partial charge in [-0.3, -0.25) is 0 Å². The molecule has 0 fully saturated rings. The number of rotatable bonds is 2. The molecule has 0 unspecified atom stereocenters. The molecule has 2 rings (SSSR count). The molecule has 2 aromatic rings. The molecule has 0 saturated carbocycles. The number of nitrogens with zero attached hydrogens (tertiary/aromatic N) is 2. The van der Waals surface area contributed by atoms with Crippen LogP contribution in [0.4, 0.5) is 15.9 Å². The lowest BCUT2D eigenvalue weighted by molar-refractivity contribution is 0.545. The first kappa shape index (κ1) is 14.7. The van der Waals surface area contributed by atoms with E-state index in [4.69, 9.17) is 11.6 Å². The zero-order valence-electron chi connectivity index (χ0n) is 12.0. The Morgan fingerprint density at radius 3 is 2.25 bits per heavy atom. The Morgan fingerprint density at radius 2 is 1.70 bits per heavy atom. The Hall–Kier alpha value is -1.68. The molecular formula is C15H17ClFN3. The van der Waals surface area contributed by atoms with Crippen molar-refractivity contribution in [2.75, 3.05) is 5.32 Å². The fourth-order valence-electron chi connectivity index (χ4n) is 1.62. The Bertz CT molecular complexity index is 618. The molecule has 0 amide bonds. The van der Waals surface area contributed by atoms with E-state index in [0.717, 1.165) is 11.3 Å². The molecule has 0 bridgehead atoms. The van der Waals surface area contributed by atoms with Crippen LogP contribution in [-0.2, 0) is 5.41 Å². The zero-order chi connectivity index (χ0) is 14.9. The van der Waals surface area contributed by atoms with Crippen LogP contribution in [0.1, 0.15) is 32.2 Å². The molecule has 0 saturated heterocycles. The van der Waals surface area contributed by atoms with Crippen molar-refractivity contribution in [1.82, 2.24) is 9.97 Å². The summed E-state index contributed by atoms with van der Waals surface area (Å²) in [6.45, 7) is 7.92. The summed E-state index contributed by atoms with van der Waals surface area (Å²) in [4.78, 5) is 8.84. The van der Waals surface area contributed by atoms with Crippen LogP contribution in [-0.4, -0.2) is 9.97 Å². The fourth-order valence-corrected chi connectivity index (χ4v) is 1.79. The van der Waals surface area contributed by atoms with Crippen LogP contribution in [0, 0.1) is 12.7 Å². The highest BCUT2D eigenvalue weighted by molar-refractivity contribution is 6.30. The van der Waals surface area contributed by atoms with E-state index in [1.807, 2.05) is 27.7 Å². The number of hydrogen-bond donors (Lipinski definition) is 1. The smallest absolute Gasteiger partial charge is 0.138 e. The summed E-state index contributed by atoms with van der Waals surface area (Å²) in [5.74, 6) is 1.03. The average Bonchev–Trinajstić information content (AvgIpc) is 2.36. The molecule has 3 nitrogen and oxygen atoms in total. The normalized spacial score (nSPS) is 11.5. The van der Waals surface area contributed by atoms with Gasteiger partial charge in [-0.1, -0.05) is 32.4 Å². The van der Waals surface area contributed by atoms with Gasteiger partial charge in [-0.15, -0.1) is 0 Å². The Morgan fingerprint density at radius 1 is 1.10 bits per heavy atom. The maximum atomic E-state index is 12.9. The van der Waals surface area contributed by atoms with Gasteiger partial charge in [0.15, 0.2) is 0 Å². The van der Waals surface area contributed by atoms with E-state index in [1.165, 1.54) is 12.1 Å². The largest absolute Gasteiger partial charge is 0.340 e. The van der Waals surface area contributed by atoms with Crippen LogP contribution in [0.15, 0.2) is 24.3 Å². The van der Waals surface area contributed by atoms with Crippen LogP contribution in [0.3, 0.4) is 0 Å². The average molecular weight is 294 g/mol. The lowest BCUT2D eigenvalue weighted by Gasteiger charge is -2.19. The van der Waals surface area contributed by atoms with Gasteiger partial charge in [0.25, 0.3) is 0 Å². The molecule has 1 aromatic heterocycles. The Labute approximate surface area is 123 Å². The van der Waals surface area contributed by atoms with Gasteiger partial charge in [-0.2, -0.15) is 0 Å². The second-order valence-electron chi connectivity index (χ2n) is 5.69. The SMILES string of the molecule is Cc1c(Cl)nc(C(C)(C)C)nc1Nc1ccc(F)cc1. The second-order valence-corrected chi connectivity index (χ2v) is 6.05. The van der Waals surface area contributed by atoms with Crippen molar-refractivity contribution in [2.45, 2.75) is 33.1 Å². The van der Waals surface area contributed by atoms with Gasteiger partial charge in [0.2, 0.25) is 0 Å². The molecule has 0 aliphatic carbocycles. The van der Waals surface area contributed by atoms with Gasteiger partial charge >= 0.3 is 0 Å². The summed E-state index contributed by atoms with van der Waals surface area (Å²) >= 11 is 6.17. The Kier molecular flexibility index (Phi) is 3.95. The molecule has 0 atom stereocenters. The van der Waals surface area contributed by atoms with Gasteiger partial charge in [-0.25, -0.2) is 14.4 Å². The zero-order valence-corrected chi connectivity index (χ0v) is 12.7. The number of benzene rings is 1. The third kappa shape index (κ3) is 3.25. The minimum absolute atomic E-state index is 0.198. The minimum Gasteiger partial charge on any atom is -0.340 e. The summed E-state index contributed by atoms with van der Waals surface area (Å²) in [6, 6.07) is 6.10. The summed E-state index contributed by atoms with van der Waals surface area (Å²) in [5.41, 5.74) is 1.32. The quantitative estimate of drug-likeness (QED) is 0.821. The van der Waals surface area contributed by atoms with E-state index in [2.05, 4.69) is 15.3 Å². The first-order chi connectivity index (χ1) is 9.27. The minimum atomic E-state index is -0.275. The van der Waals surface area contributed by atoms with Crippen molar-refractivity contribution in [3.63, 3.8) is 0 Å². The standard InChI is InChI=1S/C15H17ClFN3/c1-9-12(16)19-14(15(2,3)4)20-13(9)18-11-7-5-10(17)6-8-11/h5-8H,1-4H3,(H,18,19,20). The van der Waals surface area contributed by atoms with Crippen LogP contribution >= 0.6 is 11.6 Å². The van der Waals surface area contributed by atoms with Crippen molar-refractivity contribution >= 4 is 23.1 Å². The molecule has 0 aliphatic rings. The van der Waals surface area contributed by atoms with Gasteiger partial charge in [0, 0.05) is 16.7 Å². The summed E-state index contributed by atoms with van der Waals surface area (Å²) in [7, 11) is 0. The van der Waals surface area contributed by atoms with E-state index >= 15 is 0 Å². The van der Waals surface area contributed by atoms with Gasteiger partial charge in [0.1, 0.15) is 22.6 Å². The summed E-state index contributed by atoms with van der Waals surface area (Å²) < 4.78 is 12.9. The van der Waals surface area contributed by atoms with E-state index in [0.29, 0.717) is 16.8 Å². The molecule has 1 N–H and O–H groups in total. The van der Waals surface area contributed by atoms with Gasteiger partial charge in [-0.05, 0) is 31.2 Å². The number of halogens is 2. The molecule has 0 aliphatic heterocycles. The fraction of sp³-hybridized carbons (Fsp3) is 0.333. The number of nitrogens with one attached hydrogen (secondary N) is 1. The third-order valence-electron chi connectivity index (χ3n) is 2.86. The third-order valence-corrected chi connectivity index (χ3v) is 3.23. The second kappa shape index (κ2) is 5.37. The van der Waals surface area contributed by atoms with Crippen molar-refractivity contribution in [3.8, 4) is 0 Å². The van der Waals surface area contributed by atoms with Crippen molar-refractivity contribution in [3.05, 3.63) is 46.6 Å². The van der Waals surface area contributed by atoms with Crippen molar-refractivity contribution in [1.29, 1.82) is 0 Å². The van der Waals surface area contributed by atoms with Crippen LogP contribution in [0.25, 0.3) is 0 Å². The van der Waals surface area contributed by atoms with E-state index in [-0.39, 0.29) is 11.2 Å².